The number of benzene rings is 3. The summed E-state index contributed by atoms with van der Waals surface area (Å²) in [5, 5.41) is 11.3. The number of hydrogen-bond donors (Lipinski definition) is 4. The number of rotatable bonds is 16. The predicted octanol–water partition coefficient (Wildman–Crippen LogP) is 8.29. The van der Waals surface area contributed by atoms with Crippen molar-refractivity contribution in [2.75, 3.05) is 67.4 Å². The lowest BCUT2D eigenvalue weighted by atomic mass is 10.1. The van der Waals surface area contributed by atoms with Crippen molar-refractivity contribution < 1.29 is 40.5 Å². The van der Waals surface area contributed by atoms with Gasteiger partial charge in [-0.25, -0.2) is 13.8 Å². The number of ether oxygens (including phenoxy) is 1. The average Bonchev–Trinajstić information content (AvgIpc) is 3.13. The lowest BCUT2D eigenvalue weighted by molar-refractivity contribution is -0.140. The molecule has 3 aromatic carbocycles. The van der Waals surface area contributed by atoms with Gasteiger partial charge in [-0.1, -0.05) is 26.0 Å². The third kappa shape index (κ3) is 15.8. The first-order valence-electron chi connectivity index (χ1n) is 17.7. The highest BCUT2D eigenvalue weighted by molar-refractivity contribution is 7.99. The molecule has 1 unspecified atom stereocenters. The van der Waals surface area contributed by atoms with Gasteiger partial charge >= 0.3 is 12.1 Å². The Morgan fingerprint density at radius 3 is 2.20 bits per heavy atom. The van der Waals surface area contributed by atoms with Crippen LogP contribution in [-0.2, 0) is 30.0 Å². The monoisotopic (exact) mass is 807 g/mol. The Labute approximate surface area is 325 Å². The molecule has 0 saturated carbocycles. The highest BCUT2D eigenvalue weighted by atomic mass is 32.2. The fourth-order valence-corrected chi connectivity index (χ4v) is 5.77. The molecule has 1 aromatic heterocycles. The Morgan fingerprint density at radius 2 is 1.66 bits per heavy atom. The number of hydrogen-bond acceptors (Lipinski definition) is 10. The first-order chi connectivity index (χ1) is 26.5. The van der Waals surface area contributed by atoms with Crippen LogP contribution >= 0.6 is 0 Å². The number of carbonyl (C=O) groups excluding carboxylic acids is 2. The van der Waals surface area contributed by atoms with Gasteiger partial charge in [0, 0.05) is 55.7 Å². The second-order valence-electron chi connectivity index (χ2n) is 12.2. The minimum absolute atomic E-state index is 0.110. The van der Waals surface area contributed by atoms with Crippen LogP contribution < -0.4 is 21.3 Å². The molecular weight excluding hydrogens is 758 g/mol. The molecule has 0 aliphatic carbocycles. The molecule has 11 nitrogen and oxygen atoms in total. The number of halogens is 5. The Bertz CT molecular complexity index is 1980. The second kappa shape index (κ2) is 22.9. The summed E-state index contributed by atoms with van der Waals surface area (Å²) in [6.45, 7) is 11.7. The van der Waals surface area contributed by atoms with E-state index in [1.165, 1.54) is 13.0 Å². The molecule has 56 heavy (non-hydrogen) atoms. The van der Waals surface area contributed by atoms with Gasteiger partial charge in [-0.15, -0.1) is 0 Å². The number of esters is 1. The van der Waals surface area contributed by atoms with Gasteiger partial charge in [-0.3, -0.25) is 13.8 Å². The molecule has 0 fully saturated rings. The van der Waals surface area contributed by atoms with Crippen molar-refractivity contribution in [3.8, 4) is 11.1 Å². The molecule has 0 saturated heterocycles. The van der Waals surface area contributed by atoms with E-state index in [4.69, 9.17) is 4.98 Å². The summed E-state index contributed by atoms with van der Waals surface area (Å²) in [5.41, 5.74) is 1.04. The van der Waals surface area contributed by atoms with Crippen molar-refractivity contribution in [3.05, 3.63) is 84.1 Å². The lowest BCUT2D eigenvalue weighted by Crippen LogP contribution is -2.30. The number of amides is 1. The van der Waals surface area contributed by atoms with Gasteiger partial charge in [0.05, 0.1) is 23.5 Å². The minimum atomic E-state index is -4.55. The first kappa shape index (κ1) is 46.9. The molecule has 0 bridgehead atoms. The fraction of sp³-hybridized carbons (Fsp3) is 0.359. The number of nitrogens with one attached hydrogen (secondary N) is 4. The van der Waals surface area contributed by atoms with E-state index in [1.54, 1.807) is 44.6 Å². The van der Waals surface area contributed by atoms with Crippen LogP contribution in [0.2, 0.25) is 0 Å². The fourth-order valence-electron chi connectivity index (χ4n) is 5.02. The lowest BCUT2D eigenvalue weighted by Gasteiger charge is -2.21. The van der Waals surface area contributed by atoms with Gasteiger partial charge in [0.1, 0.15) is 17.5 Å². The Kier molecular flexibility index (Phi) is 19.2. The van der Waals surface area contributed by atoms with E-state index >= 15 is 0 Å². The summed E-state index contributed by atoms with van der Waals surface area (Å²) < 4.78 is 80.4. The van der Waals surface area contributed by atoms with Crippen molar-refractivity contribution in [1.82, 2.24) is 14.9 Å². The maximum atomic E-state index is 14.5. The molecule has 306 valence electrons. The summed E-state index contributed by atoms with van der Waals surface area (Å²) in [5.74, 6) is 3.30. The number of aromatic nitrogens is 2. The Morgan fingerprint density at radius 1 is 0.964 bits per heavy atom. The maximum absolute atomic E-state index is 14.5. The zero-order valence-electron chi connectivity index (χ0n) is 32.4. The quantitative estimate of drug-likeness (QED) is 0.0379. The van der Waals surface area contributed by atoms with E-state index in [2.05, 4.69) is 50.3 Å². The van der Waals surface area contributed by atoms with Crippen LogP contribution in [0.15, 0.2) is 71.8 Å². The summed E-state index contributed by atoms with van der Waals surface area (Å²) in [7, 11) is -0.659. The molecule has 4 N–H and O–H groups in total. The Balaban J connectivity index is 0.000000443. The average molecular weight is 808 g/mol. The second-order valence-corrected chi connectivity index (χ2v) is 14.7. The molecule has 0 radical (unpaired) electrons. The molecule has 4 rings (SSSR count). The van der Waals surface area contributed by atoms with E-state index in [1.807, 2.05) is 23.5 Å². The molecule has 0 spiro atoms. The van der Waals surface area contributed by atoms with Crippen LogP contribution in [0.5, 0.6) is 0 Å². The number of anilines is 5. The van der Waals surface area contributed by atoms with Crippen molar-refractivity contribution in [2.24, 2.45) is 0 Å². The van der Waals surface area contributed by atoms with Gasteiger partial charge in [0.25, 0.3) is 0 Å². The molecule has 1 heterocycles. The maximum Gasteiger partial charge on any atom is 0.416 e. The number of alkyl halides is 3. The summed E-state index contributed by atoms with van der Waals surface area (Å²) >= 11 is 0. The first-order valence-corrected chi connectivity index (χ1v) is 19.8. The van der Waals surface area contributed by atoms with E-state index in [0.717, 1.165) is 32.5 Å². The predicted molar refractivity (Wildman–Crippen MR) is 215 cm³/mol. The molecule has 17 heteroatoms. The van der Waals surface area contributed by atoms with Crippen LogP contribution in [0, 0.1) is 11.6 Å². The molecular formula is C39H50F5N7O4S. The third-order valence-electron chi connectivity index (χ3n) is 7.58. The molecule has 4 aromatic rings. The summed E-state index contributed by atoms with van der Waals surface area (Å²) in [4.78, 5) is 32.0. The van der Waals surface area contributed by atoms with Gasteiger partial charge in [0.15, 0.2) is 0 Å². The van der Waals surface area contributed by atoms with Crippen molar-refractivity contribution in [1.29, 1.82) is 0 Å². The van der Waals surface area contributed by atoms with Gasteiger partial charge in [0.2, 0.25) is 12.4 Å². The van der Waals surface area contributed by atoms with Gasteiger partial charge in [-0.2, -0.15) is 18.2 Å². The molecule has 0 aliphatic heterocycles. The van der Waals surface area contributed by atoms with E-state index in [0.29, 0.717) is 70.5 Å². The highest BCUT2D eigenvalue weighted by Gasteiger charge is 2.31. The molecule has 1 amide bonds. The minimum Gasteiger partial charge on any atom is -0.466 e. The smallest absolute Gasteiger partial charge is 0.416 e. The largest absolute Gasteiger partial charge is 0.466 e. The van der Waals surface area contributed by atoms with Gasteiger partial charge < -0.3 is 30.9 Å². The highest BCUT2D eigenvalue weighted by Crippen LogP contribution is 2.32. The van der Waals surface area contributed by atoms with Crippen molar-refractivity contribution in [3.63, 3.8) is 0 Å². The normalized spacial score (nSPS) is 11.9. The van der Waals surface area contributed by atoms with Crippen molar-refractivity contribution >= 4 is 56.6 Å². The SMILES string of the molecule is C=S(C)(=O)c1cccc(Nc2ncc(-c3ccc(NC)c(F)c3)c(NCCN(CCC)CCC)n2)c1.CCOC(C)=O.O=CNc1cc(C(F)(F)F)ccc1F. The third-order valence-corrected chi connectivity index (χ3v) is 8.83. The topological polar surface area (TPSA) is 138 Å². The Hall–Kier alpha value is -5.29. The molecule has 0 aliphatic rings. The van der Waals surface area contributed by atoms with Crippen LogP contribution in [0.1, 0.15) is 46.1 Å². The summed E-state index contributed by atoms with van der Waals surface area (Å²) in [6, 6.07) is 14.1. The number of carbonyl (C=O) groups is 2. The number of nitrogens with zero attached hydrogens (tertiary/aromatic N) is 3. The molecule has 1 atom stereocenters. The zero-order valence-corrected chi connectivity index (χ0v) is 33.2. The van der Waals surface area contributed by atoms with E-state index in [-0.39, 0.29) is 18.2 Å². The zero-order chi connectivity index (χ0) is 41.9. The van der Waals surface area contributed by atoms with Crippen LogP contribution in [0.4, 0.5) is 50.8 Å². The van der Waals surface area contributed by atoms with E-state index in [9.17, 15) is 35.8 Å². The van der Waals surface area contributed by atoms with E-state index < -0.39 is 32.8 Å². The van der Waals surface area contributed by atoms with Crippen LogP contribution in [0.25, 0.3) is 11.1 Å². The van der Waals surface area contributed by atoms with Crippen molar-refractivity contribution in [2.45, 2.75) is 51.6 Å². The summed E-state index contributed by atoms with van der Waals surface area (Å²) in [6.07, 6.45) is 1.06. The van der Waals surface area contributed by atoms with Crippen LogP contribution in [-0.4, -0.2) is 83.4 Å². The standard InChI is InChI=1S/C27H37FN6OS.C8H5F4NO.C4H8O2/c1-6-14-34(15-7-2)16-13-30-26-23(20-11-12-25(29-3)24(28)17-20)19-31-27(33-26)32-21-9-8-10-22(18-21)36(4,5)35;9-6-2-1-5(8(10,11)12)3-7(6)13-4-14;1-3-6-4(2)5/h8-12,17-19,29H,4,6-7,13-16H2,1-3,5H3,(H2,30,31,32,33);1-4H,(H,13,14);3H2,1-2H3. The van der Waals surface area contributed by atoms with Gasteiger partial charge in [-0.05, 0) is 102 Å². The van der Waals surface area contributed by atoms with Crippen LogP contribution in [0.3, 0.4) is 0 Å².